The minimum absolute atomic E-state index is 0.215. The number of aromatic amines is 1. The van der Waals surface area contributed by atoms with Gasteiger partial charge in [-0.2, -0.15) is 0 Å². The van der Waals surface area contributed by atoms with Crippen molar-refractivity contribution in [1.82, 2.24) is 24.7 Å². The smallest absolute Gasteiger partial charge is 0.343 e. The van der Waals surface area contributed by atoms with E-state index in [1.54, 1.807) is 19.4 Å². The van der Waals surface area contributed by atoms with Crippen LogP contribution in [0.3, 0.4) is 0 Å². The Kier molecular flexibility index (Phi) is 4.56. The van der Waals surface area contributed by atoms with Crippen molar-refractivity contribution in [3.8, 4) is 0 Å². The highest BCUT2D eigenvalue weighted by atomic mass is 32.2. The monoisotopic (exact) mass is 280 g/mol. The molecule has 0 aliphatic heterocycles. The molecule has 2 N–H and O–H groups in total. The molecule has 0 aliphatic carbocycles. The van der Waals surface area contributed by atoms with Gasteiger partial charge in [0.15, 0.2) is 5.16 Å². The van der Waals surface area contributed by atoms with Gasteiger partial charge in [0.2, 0.25) is 0 Å². The van der Waals surface area contributed by atoms with Crippen molar-refractivity contribution in [2.75, 3.05) is 11.9 Å². The first-order valence-electron chi connectivity index (χ1n) is 5.99. The van der Waals surface area contributed by atoms with E-state index in [4.69, 9.17) is 0 Å². The van der Waals surface area contributed by atoms with E-state index in [2.05, 4.69) is 32.4 Å². The molecular weight excluding hydrogens is 264 g/mol. The summed E-state index contributed by atoms with van der Waals surface area (Å²) in [6.07, 6.45) is 4.50. The molecule has 0 fully saturated rings. The summed E-state index contributed by atoms with van der Waals surface area (Å²) in [4.78, 5) is 19.8. The molecule has 0 aliphatic rings. The predicted octanol–water partition coefficient (Wildman–Crippen LogP) is 1.01. The van der Waals surface area contributed by atoms with E-state index in [1.165, 1.54) is 16.3 Å². The van der Waals surface area contributed by atoms with Crippen LogP contribution in [0.4, 0.5) is 5.82 Å². The predicted molar refractivity (Wildman–Crippen MR) is 74.2 cm³/mol. The molecule has 2 aromatic heterocycles. The molecule has 0 saturated carbocycles. The first kappa shape index (κ1) is 13.6. The van der Waals surface area contributed by atoms with Crippen LogP contribution in [0, 0.1) is 0 Å². The largest absolute Gasteiger partial charge is 0.369 e. The number of aromatic nitrogens is 5. The van der Waals surface area contributed by atoms with E-state index in [9.17, 15) is 4.79 Å². The van der Waals surface area contributed by atoms with Crippen LogP contribution < -0.4 is 11.0 Å². The SMILES string of the molecule is CCCNc1cnc(CSc2n[nH]c(=O)n2C)cn1. The second-order valence-corrected chi connectivity index (χ2v) is 4.92. The van der Waals surface area contributed by atoms with Crippen LogP contribution in [0.1, 0.15) is 19.0 Å². The van der Waals surface area contributed by atoms with Crippen molar-refractivity contribution in [2.45, 2.75) is 24.3 Å². The van der Waals surface area contributed by atoms with Gasteiger partial charge in [-0.15, -0.1) is 5.10 Å². The Hall–Kier alpha value is -1.83. The molecule has 2 heterocycles. The highest BCUT2D eigenvalue weighted by Crippen LogP contribution is 2.17. The third kappa shape index (κ3) is 3.57. The van der Waals surface area contributed by atoms with Gasteiger partial charge in [0.25, 0.3) is 0 Å². The zero-order chi connectivity index (χ0) is 13.7. The maximum atomic E-state index is 11.2. The standard InChI is InChI=1S/C11H16N6OS/c1-3-4-12-9-6-13-8(5-14-9)7-19-11-16-15-10(18)17(11)2/h5-6H,3-4,7H2,1-2H3,(H,12,14)(H,15,18). The number of hydrogen-bond donors (Lipinski definition) is 2. The van der Waals surface area contributed by atoms with Crippen LogP contribution >= 0.6 is 11.8 Å². The van der Waals surface area contributed by atoms with Crippen molar-refractivity contribution in [2.24, 2.45) is 7.05 Å². The number of anilines is 1. The van der Waals surface area contributed by atoms with E-state index in [0.717, 1.165) is 24.5 Å². The summed E-state index contributed by atoms with van der Waals surface area (Å²) in [5.41, 5.74) is 0.634. The Morgan fingerprint density at radius 2 is 2.26 bits per heavy atom. The molecule has 0 saturated heterocycles. The Morgan fingerprint density at radius 1 is 1.42 bits per heavy atom. The highest BCUT2D eigenvalue weighted by molar-refractivity contribution is 7.98. The molecule has 0 amide bonds. The summed E-state index contributed by atoms with van der Waals surface area (Å²) in [7, 11) is 1.68. The summed E-state index contributed by atoms with van der Waals surface area (Å²) in [5.74, 6) is 1.40. The maximum Gasteiger partial charge on any atom is 0.343 e. The van der Waals surface area contributed by atoms with Gasteiger partial charge < -0.3 is 5.32 Å². The number of hydrogen-bond acceptors (Lipinski definition) is 6. The molecule has 102 valence electrons. The summed E-state index contributed by atoms with van der Waals surface area (Å²) in [5, 5.41) is 10.1. The van der Waals surface area contributed by atoms with Crippen molar-refractivity contribution in [3.63, 3.8) is 0 Å². The van der Waals surface area contributed by atoms with E-state index >= 15 is 0 Å². The fourth-order valence-electron chi connectivity index (χ4n) is 1.37. The molecule has 2 aromatic rings. The topological polar surface area (TPSA) is 88.5 Å². The van der Waals surface area contributed by atoms with E-state index < -0.39 is 0 Å². The van der Waals surface area contributed by atoms with Crippen LogP contribution in [0.15, 0.2) is 22.3 Å². The number of H-pyrrole nitrogens is 1. The van der Waals surface area contributed by atoms with Crippen molar-refractivity contribution < 1.29 is 0 Å². The zero-order valence-corrected chi connectivity index (χ0v) is 11.7. The Bertz CT molecular complexity index is 576. The third-order valence-corrected chi connectivity index (χ3v) is 3.51. The normalized spacial score (nSPS) is 10.6. The van der Waals surface area contributed by atoms with Crippen molar-refractivity contribution >= 4 is 17.6 Å². The van der Waals surface area contributed by atoms with Gasteiger partial charge in [-0.25, -0.2) is 14.9 Å². The average Bonchev–Trinajstić information content (AvgIpc) is 2.75. The van der Waals surface area contributed by atoms with Crippen LogP contribution in [0.25, 0.3) is 0 Å². The van der Waals surface area contributed by atoms with Gasteiger partial charge in [0, 0.05) is 19.3 Å². The summed E-state index contributed by atoms with van der Waals surface area (Å²) in [6, 6.07) is 0. The summed E-state index contributed by atoms with van der Waals surface area (Å²) < 4.78 is 1.47. The first-order valence-corrected chi connectivity index (χ1v) is 6.98. The molecule has 2 rings (SSSR count). The maximum absolute atomic E-state index is 11.2. The molecule has 0 bridgehead atoms. The van der Waals surface area contributed by atoms with Gasteiger partial charge in [-0.1, -0.05) is 18.7 Å². The Morgan fingerprint density at radius 3 is 2.84 bits per heavy atom. The van der Waals surface area contributed by atoms with Gasteiger partial charge in [0.1, 0.15) is 5.82 Å². The Labute approximate surface area is 114 Å². The molecule has 0 aromatic carbocycles. The van der Waals surface area contributed by atoms with E-state index in [0.29, 0.717) is 10.9 Å². The zero-order valence-electron chi connectivity index (χ0n) is 10.9. The summed E-state index contributed by atoms with van der Waals surface area (Å²) in [6.45, 7) is 2.98. The lowest BCUT2D eigenvalue weighted by atomic mass is 10.4. The highest BCUT2D eigenvalue weighted by Gasteiger charge is 2.06. The average molecular weight is 280 g/mol. The van der Waals surface area contributed by atoms with Crippen molar-refractivity contribution in [1.29, 1.82) is 0 Å². The molecule has 19 heavy (non-hydrogen) atoms. The molecular formula is C11H16N6OS. The molecule has 0 spiro atoms. The van der Waals surface area contributed by atoms with Gasteiger partial charge in [-0.05, 0) is 6.42 Å². The number of thioether (sulfide) groups is 1. The first-order chi connectivity index (χ1) is 9.20. The van der Waals surface area contributed by atoms with Crippen LogP contribution in [0.5, 0.6) is 0 Å². The lowest BCUT2D eigenvalue weighted by Crippen LogP contribution is -2.12. The van der Waals surface area contributed by atoms with E-state index in [-0.39, 0.29) is 5.69 Å². The molecule has 7 nitrogen and oxygen atoms in total. The minimum atomic E-state index is -0.215. The van der Waals surface area contributed by atoms with Crippen molar-refractivity contribution in [3.05, 3.63) is 28.6 Å². The molecule has 0 atom stereocenters. The van der Waals surface area contributed by atoms with Crippen LogP contribution in [0.2, 0.25) is 0 Å². The fourth-order valence-corrected chi connectivity index (χ4v) is 2.19. The van der Waals surface area contributed by atoms with Crippen LogP contribution in [-0.2, 0) is 12.8 Å². The fraction of sp³-hybridized carbons (Fsp3) is 0.455. The van der Waals surface area contributed by atoms with E-state index in [1.807, 2.05) is 0 Å². The quantitative estimate of drug-likeness (QED) is 0.768. The van der Waals surface area contributed by atoms with Gasteiger partial charge in [-0.3, -0.25) is 9.55 Å². The second-order valence-electron chi connectivity index (χ2n) is 3.98. The minimum Gasteiger partial charge on any atom is -0.369 e. The van der Waals surface area contributed by atoms with Gasteiger partial charge >= 0.3 is 5.69 Å². The summed E-state index contributed by atoms with van der Waals surface area (Å²) >= 11 is 1.44. The van der Waals surface area contributed by atoms with Gasteiger partial charge in [0.05, 0.1) is 18.1 Å². The number of rotatable bonds is 6. The second kappa shape index (κ2) is 6.37. The lowest BCUT2D eigenvalue weighted by Gasteiger charge is -2.04. The molecule has 0 radical (unpaired) electrons. The third-order valence-electron chi connectivity index (χ3n) is 2.45. The lowest BCUT2D eigenvalue weighted by molar-refractivity contribution is 0.765. The molecule has 8 heteroatoms. The molecule has 0 unspecified atom stereocenters. The van der Waals surface area contributed by atoms with Crippen LogP contribution in [-0.4, -0.2) is 31.3 Å². The Balaban J connectivity index is 1.93. The number of nitrogens with zero attached hydrogens (tertiary/aromatic N) is 4. The number of nitrogens with one attached hydrogen (secondary N) is 2.